The van der Waals surface area contributed by atoms with Crippen molar-refractivity contribution in [1.29, 1.82) is 0 Å². The molecule has 1 aromatic rings. The minimum Gasteiger partial charge on any atom is -0.311 e. The molecule has 1 atom stereocenters. The van der Waals surface area contributed by atoms with Crippen LogP contribution in [0, 0.1) is 5.41 Å². The second kappa shape index (κ2) is 5.46. The van der Waals surface area contributed by atoms with Gasteiger partial charge in [-0.1, -0.05) is 20.8 Å². The van der Waals surface area contributed by atoms with E-state index in [4.69, 9.17) is 0 Å². The van der Waals surface area contributed by atoms with E-state index in [1.54, 1.807) is 11.3 Å². The molecule has 0 spiro atoms. The fraction of sp³-hybridized carbons (Fsp3) is 0.769. The maximum Gasteiger partial charge on any atom is 0.0937 e. The molecule has 1 aliphatic rings. The Morgan fingerprint density at radius 3 is 3.00 bits per heavy atom. The van der Waals surface area contributed by atoms with E-state index < -0.39 is 0 Å². The predicted octanol–water partition coefficient (Wildman–Crippen LogP) is 2.01. The van der Waals surface area contributed by atoms with Gasteiger partial charge in [0.05, 0.1) is 5.01 Å². The summed E-state index contributed by atoms with van der Waals surface area (Å²) in [6.07, 6.45) is 2.99. The summed E-state index contributed by atoms with van der Waals surface area (Å²) in [5, 5.41) is 6.95. The van der Waals surface area contributed by atoms with Gasteiger partial charge in [-0.15, -0.1) is 11.3 Å². The molecular formula is C13H23N3S. The van der Waals surface area contributed by atoms with Crippen LogP contribution in [-0.2, 0) is 6.42 Å². The van der Waals surface area contributed by atoms with Crippen LogP contribution in [0.5, 0.6) is 0 Å². The van der Waals surface area contributed by atoms with Gasteiger partial charge >= 0.3 is 0 Å². The van der Waals surface area contributed by atoms with Gasteiger partial charge in [0.15, 0.2) is 0 Å². The summed E-state index contributed by atoms with van der Waals surface area (Å²) in [4.78, 5) is 6.91. The summed E-state index contributed by atoms with van der Waals surface area (Å²) in [6, 6.07) is 0.604. The number of hydrogen-bond donors (Lipinski definition) is 1. The predicted molar refractivity (Wildman–Crippen MR) is 73.5 cm³/mol. The molecule has 0 amide bonds. The molecule has 1 saturated heterocycles. The molecule has 3 nitrogen and oxygen atoms in total. The molecule has 1 unspecified atom stereocenters. The zero-order valence-corrected chi connectivity index (χ0v) is 11.9. The lowest BCUT2D eigenvalue weighted by Crippen LogP contribution is -2.56. The fourth-order valence-electron chi connectivity index (χ4n) is 2.22. The van der Waals surface area contributed by atoms with Crippen LogP contribution < -0.4 is 5.32 Å². The average Bonchev–Trinajstić information content (AvgIpc) is 2.78. The molecule has 0 bridgehead atoms. The normalized spacial score (nSPS) is 22.9. The number of hydrogen-bond acceptors (Lipinski definition) is 4. The van der Waals surface area contributed by atoms with Gasteiger partial charge in [-0.25, -0.2) is 4.98 Å². The number of aromatic nitrogens is 1. The van der Waals surface area contributed by atoms with Crippen molar-refractivity contribution in [3.63, 3.8) is 0 Å². The van der Waals surface area contributed by atoms with Crippen LogP contribution in [0.3, 0.4) is 0 Å². The highest BCUT2D eigenvalue weighted by Gasteiger charge is 2.28. The summed E-state index contributed by atoms with van der Waals surface area (Å²) in [7, 11) is 0. The molecule has 0 aliphatic carbocycles. The standard InChI is InChI=1S/C13H23N3S/c1-13(2,3)11-10-16(8-5-14-11)7-4-12-15-6-9-17-12/h6,9,11,14H,4-5,7-8,10H2,1-3H3. The van der Waals surface area contributed by atoms with E-state index in [2.05, 4.69) is 41.4 Å². The lowest BCUT2D eigenvalue weighted by Gasteiger charge is -2.40. The molecule has 0 radical (unpaired) electrons. The number of nitrogens with one attached hydrogen (secondary N) is 1. The molecule has 1 aliphatic heterocycles. The van der Waals surface area contributed by atoms with Crippen molar-refractivity contribution < 1.29 is 0 Å². The first-order chi connectivity index (χ1) is 8.05. The van der Waals surface area contributed by atoms with Gasteiger partial charge in [-0.05, 0) is 5.41 Å². The Morgan fingerprint density at radius 2 is 2.35 bits per heavy atom. The van der Waals surface area contributed by atoms with Crippen molar-refractivity contribution in [1.82, 2.24) is 15.2 Å². The van der Waals surface area contributed by atoms with Crippen LogP contribution in [-0.4, -0.2) is 42.1 Å². The van der Waals surface area contributed by atoms with E-state index in [0.717, 1.165) is 32.6 Å². The lowest BCUT2D eigenvalue weighted by atomic mass is 9.85. The van der Waals surface area contributed by atoms with Crippen LogP contribution >= 0.6 is 11.3 Å². The molecule has 1 aromatic heterocycles. The molecule has 1 fully saturated rings. The van der Waals surface area contributed by atoms with Crippen molar-refractivity contribution in [2.75, 3.05) is 26.2 Å². The first-order valence-corrected chi connectivity index (χ1v) is 7.28. The summed E-state index contributed by atoms with van der Waals surface area (Å²) in [6.45, 7) is 11.5. The minimum atomic E-state index is 0.347. The molecule has 4 heteroatoms. The maximum absolute atomic E-state index is 4.34. The smallest absolute Gasteiger partial charge is 0.0937 e. The maximum atomic E-state index is 4.34. The van der Waals surface area contributed by atoms with E-state index in [9.17, 15) is 0 Å². The highest BCUT2D eigenvalue weighted by molar-refractivity contribution is 7.09. The van der Waals surface area contributed by atoms with Gasteiger partial charge in [-0.2, -0.15) is 0 Å². The molecule has 2 rings (SSSR count). The second-order valence-electron chi connectivity index (χ2n) is 5.85. The van der Waals surface area contributed by atoms with Gasteiger partial charge in [0, 0.05) is 50.2 Å². The molecule has 0 saturated carbocycles. The van der Waals surface area contributed by atoms with Crippen LogP contribution in [0.25, 0.3) is 0 Å². The summed E-state index contributed by atoms with van der Waals surface area (Å²) in [5.74, 6) is 0. The first-order valence-electron chi connectivity index (χ1n) is 6.40. The van der Waals surface area contributed by atoms with E-state index >= 15 is 0 Å². The largest absolute Gasteiger partial charge is 0.311 e. The Labute approximate surface area is 108 Å². The zero-order valence-electron chi connectivity index (χ0n) is 11.1. The third-order valence-corrected chi connectivity index (χ3v) is 4.27. The molecule has 0 aromatic carbocycles. The van der Waals surface area contributed by atoms with Crippen LogP contribution in [0.1, 0.15) is 25.8 Å². The number of nitrogens with zero attached hydrogens (tertiary/aromatic N) is 2. The summed E-state index contributed by atoms with van der Waals surface area (Å²) >= 11 is 1.76. The number of rotatable bonds is 3. The third-order valence-electron chi connectivity index (χ3n) is 3.43. The Bertz CT molecular complexity index is 329. The number of piperazine rings is 1. The topological polar surface area (TPSA) is 28.2 Å². The Kier molecular flexibility index (Phi) is 4.17. The quantitative estimate of drug-likeness (QED) is 0.893. The highest BCUT2D eigenvalue weighted by Crippen LogP contribution is 2.21. The van der Waals surface area contributed by atoms with Gasteiger partial charge in [0.1, 0.15) is 0 Å². The highest BCUT2D eigenvalue weighted by atomic mass is 32.1. The van der Waals surface area contributed by atoms with Crippen molar-refractivity contribution in [3.05, 3.63) is 16.6 Å². The Hall–Kier alpha value is -0.450. The fourth-order valence-corrected chi connectivity index (χ4v) is 2.83. The van der Waals surface area contributed by atoms with Gasteiger partial charge in [-0.3, -0.25) is 0 Å². The van der Waals surface area contributed by atoms with Crippen molar-refractivity contribution >= 4 is 11.3 Å². The zero-order chi connectivity index (χ0) is 12.3. The van der Waals surface area contributed by atoms with E-state index in [-0.39, 0.29) is 0 Å². The van der Waals surface area contributed by atoms with Crippen LogP contribution in [0.15, 0.2) is 11.6 Å². The first kappa shape index (κ1) is 13.0. The van der Waals surface area contributed by atoms with Crippen molar-refractivity contribution in [3.8, 4) is 0 Å². The molecule has 1 N–H and O–H groups in total. The summed E-state index contributed by atoms with van der Waals surface area (Å²) < 4.78 is 0. The van der Waals surface area contributed by atoms with Crippen LogP contribution in [0.4, 0.5) is 0 Å². The Balaban J connectivity index is 1.81. The molecular weight excluding hydrogens is 230 g/mol. The van der Waals surface area contributed by atoms with E-state index in [0.29, 0.717) is 11.5 Å². The van der Waals surface area contributed by atoms with E-state index in [1.807, 2.05) is 6.20 Å². The molecule has 17 heavy (non-hydrogen) atoms. The van der Waals surface area contributed by atoms with Gasteiger partial charge < -0.3 is 10.2 Å². The average molecular weight is 253 g/mol. The van der Waals surface area contributed by atoms with Crippen LogP contribution in [0.2, 0.25) is 0 Å². The third kappa shape index (κ3) is 3.76. The molecule has 96 valence electrons. The van der Waals surface area contributed by atoms with E-state index in [1.165, 1.54) is 5.01 Å². The Morgan fingerprint density at radius 1 is 1.53 bits per heavy atom. The SMILES string of the molecule is CC(C)(C)C1CN(CCc2nccs2)CCN1. The monoisotopic (exact) mass is 253 g/mol. The van der Waals surface area contributed by atoms with Crippen molar-refractivity contribution in [2.24, 2.45) is 5.41 Å². The van der Waals surface area contributed by atoms with Crippen molar-refractivity contribution in [2.45, 2.75) is 33.2 Å². The summed E-state index contributed by atoms with van der Waals surface area (Å²) in [5.41, 5.74) is 0.347. The second-order valence-corrected chi connectivity index (χ2v) is 6.83. The minimum absolute atomic E-state index is 0.347. The van der Waals surface area contributed by atoms with Gasteiger partial charge in [0.25, 0.3) is 0 Å². The van der Waals surface area contributed by atoms with Gasteiger partial charge in [0.2, 0.25) is 0 Å². The number of thiazole rings is 1. The lowest BCUT2D eigenvalue weighted by molar-refractivity contribution is 0.135. The molecule has 2 heterocycles.